The van der Waals surface area contributed by atoms with Crippen LogP contribution in [0.5, 0.6) is 0 Å². The Labute approximate surface area is 131 Å². The molecule has 21 heavy (non-hydrogen) atoms. The van der Waals surface area contributed by atoms with Crippen molar-refractivity contribution in [3.8, 4) is 0 Å². The molecule has 1 atom stereocenters. The van der Waals surface area contributed by atoms with Gasteiger partial charge in [0.2, 0.25) is 0 Å². The van der Waals surface area contributed by atoms with Crippen LogP contribution in [-0.2, 0) is 6.54 Å². The lowest BCUT2D eigenvalue weighted by Crippen LogP contribution is -2.45. The van der Waals surface area contributed by atoms with Gasteiger partial charge in [0.25, 0.3) is 0 Å². The molecule has 0 radical (unpaired) electrons. The van der Waals surface area contributed by atoms with Gasteiger partial charge in [-0.25, -0.2) is 9.78 Å². The van der Waals surface area contributed by atoms with Gasteiger partial charge in [-0.2, -0.15) is 0 Å². The highest BCUT2D eigenvalue weighted by Gasteiger charge is 2.19. The monoisotopic (exact) mass is 313 g/mol. The van der Waals surface area contributed by atoms with Gasteiger partial charge in [0, 0.05) is 5.38 Å². The van der Waals surface area contributed by atoms with Gasteiger partial charge in [0.1, 0.15) is 5.01 Å². The molecule has 2 amide bonds. The van der Waals surface area contributed by atoms with Gasteiger partial charge < -0.3 is 15.7 Å². The van der Waals surface area contributed by atoms with E-state index in [2.05, 4.69) is 50.2 Å². The largest absolute Gasteiger partial charge is 0.394 e. The van der Waals surface area contributed by atoms with Crippen molar-refractivity contribution in [3.63, 3.8) is 0 Å². The summed E-state index contributed by atoms with van der Waals surface area (Å²) in [7, 11) is 0. The number of aromatic nitrogens is 1. The summed E-state index contributed by atoms with van der Waals surface area (Å²) in [5.41, 5.74) is 1.11. The maximum atomic E-state index is 11.9. The number of hydrogen-bond acceptors (Lipinski definition) is 4. The second-order valence-electron chi connectivity index (χ2n) is 6.79. The van der Waals surface area contributed by atoms with Crippen LogP contribution in [0.1, 0.15) is 57.7 Å². The molecule has 6 heteroatoms. The number of carbonyl (C=O) groups excluding carboxylic acids is 1. The van der Waals surface area contributed by atoms with Gasteiger partial charge in [0.15, 0.2) is 0 Å². The number of rotatable bonds is 6. The number of aliphatic hydroxyl groups is 1. The van der Waals surface area contributed by atoms with Crippen molar-refractivity contribution >= 4 is 17.4 Å². The molecule has 0 spiro atoms. The molecule has 1 heterocycles. The van der Waals surface area contributed by atoms with E-state index >= 15 is 0 Å². The third-order valence-corrected chi connectivity index (χ3v) is 3.84. The van der Waals surface area contributed by atoms with E-state index in [1.807, 2.05) is 5.38 Å². The second kappa shape index (κ2) is 7.75. The molecule has 0 saturated carbocycles. The summed E-state index contributed by atoms with van der Waals surface area (Å²) in [6, 6.07) is -0.493. The third kappa shape index (κ3) is 6.91. The zero-order valence-corrected chi connectivity index (χ0v) is 14.4. The van der Waals surface area contributed by atoms with Gasteiger partial charge >= 0.3 is 6.03 Å². The summed E-state index contributed by atoms with van der Waals surface area (Å²) in [6.07, 6.45) is 0.728. The Kier molecular flexibility index (Phi) is 6.61. The minimum Gasteiger partial charge on any atom is -0.394 e. The molecular weight excluding hydrogens is 286 g/mol. The summed E-state index contributed by atoms with van der Waals surface area (Å²) in [6.45, 7) is 10.8. The number of urea groups is 1. The van der Waals surface area contributed by atoms with Crippen LogP contribution in [0.3, 0.4) is 0 Å². The van der Waals surface area contributed by atoms with Crippen LogP contribution in [0.25, 0.3) is 0 Å². The van der Waals surface area contributed by atoms with Gasteiger partial charge in [-0.3, -0.25) is 0 Å². The average Bonchev–Trinajstić information content (AvgIpc) is 2.82. The smallest absolute Gasteiger partial charge is 0.315 e. The molecule has 3 N–H and O–H groups in total. The quantitative estimate of drug-likeness (QED) is 0.756. The van der Waals surface area contributed by atoms with Crippen LogP contribution in [0.4, 0.5) is 4.79 Å². The first-order valence-electron chi connectivity index (χ1n) is 7.31. The van der Waals surface area contributed by atoms with Crippen LogP contribution < -0.4 is 10.6 Å². The molecule has 5 nitrogen and oxygen atoms in total. The lowest BCUT2D eigenvalue weighted by Gasteiger charge is -2.25. The van der Waals surface area contributed by atoms with Crippen molar-refractivity contribution in [2.24, 2.45) is 5.41 Å². The molecule has 0 aromatic carbocycles. The Morgan fingerprint density at radius 1 is 1.43 bits per heavy atom. The second-order valence-corrected chi connectivity index (χ2v) is 7.73. The highest BCUT2D eigenvalue weighted by Crippen LogP contribution is 2.20. The molecule has 0 saturated heterocycles. The lowest BCUT2D eigenvalue weighted by atomic mass is 9.88. The Balaban J connectivity index is 2.42. The molecule has 1 aromatic heterocycles. The fourth-order valence-corrected chi connectivity index (χ4v) is 2.86. The van der Waals surface area contributed by atoms with E-state index in [-0.39, 0.29) is 24.1 Å². The summed E-state index contributed by atoms with van der Waals surface area (Å²) in [4.78, 5) is 16.3. The first kappa shape index (κ1) is 17.9. The molecule has 0 aliphatic heterocycles. The van der Waals surface area contributed by atoms with Crippen LogP contribution in [0, 0.1) is 5.41 Å². The average molecular weight is 313 g/mol. The lowest BCUT2D eigenvalue weighted by molar-refractivity contribution is 0.190. The Bertz CT molecular complexity index is 452. The van der Waals surface area contributed by atoms with Crippen LogP contribution >= 0.6 is 11.3 Å². The zero-order valence-electron chi connectivity index (χ0n) is 13.6. The van der Waals surface area contributed by atoms with Crippen LogP contribution in [0.2, 0.25) is 0 Å². The van der Waals surface area contributed by atoms with Crippen molar-refractivity contribution in [1.82, 2.24) is 15.6 Å². The Morgan fingerprint density at radius 2 is 2.10 bits per heavy atom. The maximum Gasteiger partial charge on any atom is 0.315 e. The van der Waals surface area contributed by atoms with Gasteiger partial charge in [0.05, 0.1) is 24.9 Å². The number of thiazole rings is 1. The van der Waals surface area contributed by atoms with Crippen LogP contribution in [-0.4, -0.2) is 28.8 Å². The number of amides is 2. The Hall–Kier alpha value is -1.14. The predicted molar refractivity (Wildman–Crippen MR) is 86.5 cm³/mol. The molecule has 0 fully saturated rings. The van der Waals surface area contributed by atoms with Crippen molar-refractivity contribution in [2.45, 2.75) is 59.5 Å². The first-order chi connectivity index (χ1) is 9.71. The Morgan fingerprint density at radius 3 is 2.57 bits per heavy atom. The SMILES string of the molecule is CC(C)c1csc(CNC(=O)NC(CO)CC(C)(C)C)n1. The topological polar surface area (TPSA) is 74.2 Å². The number of carbonyl (C=O) groups is 1. The van der Waals surface area contributed by atoms with E-state index in [1.54, 1.807) is 11.3 Å². The predicted octanol–water partition coefficient (Wildman–Crippen LogP) is 2.86. The number of hydrogen-bond donors (Lipinski definition) is 3. The minimum atomic E-state index is -0.264. The fraction of sp³-hybridized carbons (Fsp3) is 0.733. The number of nitrogens with zero attached hydrogens (tertiary/aromatic N) is 1. The summed E-state index contributed by atoms with van der Waals surface area (Å²) in [5, 5.41) is 17.8. The van der Waals surface area contributed by atoms with Crippen molar-refractivity contribution in [3.05, 3.63) is 16.1 Å². The van der Waals surface area contributed by atoms with Gasteiger partial charge in [-0.1, -0.05) is 34.6 Å². The minimum absolute atomic E-state index is 0.0561. The first-order valence-corrected chi connectivity index (χ1v) is 8.18. The van der Waals surface area contributed by atoms with Crippen molar-refractivity contribution in [1.29, 1.82) is 0 Å². The number of nitrogens with one attached hydrogen (secondary N) is 2. The van der Waals surface area contributed by atoms with E-state index < -0.39 is 0 Å². The molecular formula is C15H27N3O2S. The molecule has 1 aromatic rings. The zero-order chi connectivity index (χ0) is 16.0. The summed E-state index contributed by atoms with van der Waals surface area (Å²) < 4.78 is 0. The molecule has 0 bridgehead atoms. The van der Waals surface area contributed by atoms with E-state index in [0.717, 1.165) is 17.1 Å². The van der Waals surface area contributed by atoms with Crippen LogP contribution in [0.15, 0.2) is 5.38 Å². The van der Waals surface area contributed by atoms with E-state index in [0.29, 0.717) is 12.5 Å². The van der Waals surface area contributed by atoms with E-state index in [9.17, 15) is 9.90 Å². The highest BCUT2D eigenvalue weighted by molar-refractivity contribution is 7.09. The van der Waals surface area contributed by atoms with E-state index in [1.165, 1.54) is 0 Å². The molecule has 1 unspecified atom stereocenters. The van der Waals surface area contributed by atoms with Gasteiger partial charge in [-0.05, 0) is 17.8 Å². The summed E-state index contributed by atoms with van der Waals surface area (Å²) >= 11 is 1.55. The molecule has 0 aliphatic rings. The summed E-state index contributed by atoms with van der Waals surface area (Å²) in [5.74, 6) is 0.398. The van der Waals surface area contributed by atoms with Crippen molar-refractivity contribution in [2.75, 3.05) is 6.61 Å². The molecule has 1 rings (SSSR count). The molecule has 120 valence electrons. The standard InChI is InChI=1S/C15H27N3O2S/c1-10(2)12-9-21-13(18-12)7-16-14(20)17-11(8-19)6-15(3,4)5/h9-11,19H,6-8H2,1-5H3,(H2,16,17,20). The fourth-order valence-electron chi connectivity index (χ4n) is 1.96. The van der Waals surface area contributed by atoms with Gasteiger partial charge in [-0.15, -0.1) is 11.3 Å². The maximum absolute atomic E-state index is 11.9. The third-order valence-electron chi connectivity index (χ3n) is 2.98. The van der Waals surface area contributed by atoms with Crippen molar-refractivity contribution < 1.29 is 9.90 Å². The van der Waals surface area contributed by atoms with E-state index in [4.69, 9.17) is 0 Å². The molecule has 0 aliphatic carbocycles. The number of aliphatic hydroxyl groups excluding tert-OH is 1. The normalized spacial score (nSPS) is 13.3. The highest BCUT2D eigenvalue weighted by atomic mass is 32.1.